The van der Waals surface area contributed by atoms with Gasteiger partial charge in [-0.1, -0.05) is 0 Å². The molecule has 0 unspecified atom stereocenters. The maximum absolute atomic E-state index is 12.9. The summed E-state index contributed by atoms with van der Waals surface area (Å²) in [5, 5.41) is 4.34. The van der Waals surface area contributed by atoms with E-state index >= 15 is 0 Å². The van der Waals surface area contributed by atoms with Gasteiger partial charge in [-0.3, -0.25) is 14.9 Å². The minimum absolute atomic E-state index is 0.0405. The highest BCUT2D eigenvalue weighted by Gasteiger charge is 2.21. The van der Waals surface area contributed by atoms with Gasteiger partial charge in [0, 0.05) is 5.69 Å². The topological polar surface area (TPSA) is 146 Å². The third-order valence-electron chi connectivity index (χ3n) is 3.79. The molecule has 2 aromatic carbocycles. The molecule has 10 nitrogen and oxygen atoms in total. The van der Waals surface area contributed by atoms with E-state index in [4.69, 9.17) is 19.9 Å². The average molecular weight is 433 g/mol. The van der Waals surface area contributed by atoms with E-state index in [1.807, 2.05) is 0 Å². The van der Waals surface area contributed by atoms with E-state index in [2.05, 4.69) is 5.32 Å². The molecule has 0 spiro atoms. The molecule has 0 saturated heterocycles. The van der Waals surface area contributed by atoms with Crippen molar-refractivity contribution < 1.29 is 37.8 Å². The third kappa shape index (κ3) is 6.99. The average Bonchev–Trinajstić information content (AvgIpc) is 2.73. The molecule has 0 radical (unpaired) electrons. The first-order chi connectivity index (χ1) is 14.7. The van der Waals surface area contributed by atoms with Crippen LogP contribution in [0, 0.1) is 5.82 Å². The van der Waals surface area contributed by atoms with E-state index in [0.717, 1.165) is 0 Å². The van der Waals surface area contributed by atoms with E-state index in [0.29, 0.717) is 5.69 Å². The number of primary amides is 1. The van der Waals surface area contributed by atoms with Crippen LogP contribution < -0.4 is 25.8 Å². The quantitative estimate of drug-likeness (QED) is 0.536. The molecule has 11 heteroatoms. The van der Waals surface area contributed by atoms with Crippen LogP contribution in [0.25, 0.3) is 0 Å². The molecule has 0 aliphatic heterocycles. The largest absolute Gasteiger partial charge is 0.493 e. The number of hydrogen-bond acceptors (Lipinski definition) is 7. The second-order valence-corrected chi connectivity index (χ2v) is 6.11. The lowest BCUT2D eigenvalue weighted by Gasteiger charge is -2.14. The molecule has 4 N–H and O–H groups in total. The van der Waals surface area contributed by atoms with Crippen molar-refractivity contribution in [2.75, 3.05) is 19.0 Å². The number of imide groups is 1. The number of carbonyl (C=O) groups excluding carboxylic acids is 4. The normalized spacial score (nSPS) is 11.1. The van der Waals surface area contributed by atoms with Gasteiger partial charge in [0.1, 0.15) is 5.82 Å². The number of amides is 4. The number of esters is 1. The van der Waals surface area contributed by atoms with Crippen molar-refractivity contribution >= 4 is 29.5 Å². The fourth-order valence-corrected chi connectivity index (χ4v) is 2.29. The Morgan fingerprint density at radius 2 is 1.74 bits per heavy atom. The predicted molar refractivity (Wildman–Crippen MR) is 106 cm³/mol. The van der Waals surface area contributed by atoms with Crippen LogP contribution >= 0.6 is 0 Å². The van der Waals surface area contributed by atoms with Gasteiger partial charge >= 0.3 is 12.0 Å². The molecule has 31 heavy (non-hydrogen) atoms. The van der Waals surface area contributed by atoms with Crippen molar-refractivity contribution in [1.82, 2.24) is 5.32 Å². The van der Waals surface area contributed by atoms with Crippen molar-refractivity contribution in [3.63, 3.8) is 0 Å². The van der Waals surface area contributed by atoms with E-state index in [1.165, 1.54) is 56.5 Å². The molecule has 0 fully saturated rings. The fourth-order valence-electron chi connectivity index (χ4n) is 2.29. The molecule has 0 aromatic heterocycles. The SMILES string of the molecule is COc1cc(C(=O)O[C@H](C)C(=O)NC(N)=O)ccc1OCC(=O)Nc1ccc(F)cc1. The van der Waals surface area contributed by atoms with Gasteiger partial charge in [0.05, 0.1) is 12.7 Å². The van der Waals surface area contributed by atoms with Gasteiger partial charge in [-0.2, -0.15) is 0 Å². The number of urea groups is 1. The van der Waals surface area contributed by atoms with Gasteiger partial charge in [0.15, 0.2) is 24.2 Å². The zero-order chi connectivity index (χ0) is 23.0. The summed E-state index contributed by atoms with van der Waals surface area (Å²) in [6, 6.07) is 8.17. The van der Waals surface area contributed by atoms with E-state index < -0.39 is 35.7 Å². The molecule has 4 amide bonds. The minimum atomic E-state index is -1.27. The summed E-state index contributed by atoms with van der Waals surface area (Å²) in [4.78, 5) is 46.5. The fraction of sp³-hybridized carbons (Fsp3) is 0.200. The zero-order valence-electron chi connectivity index (χ0n) is 16.6. The molecule has 1 atom stereocenters. The van der Waals surface area contributed by atoms with Crippen LogP contribution in [0.1, 0.15) is 17.3 Å². The highest BCUT2D eigenvalue weighted by atomic mass is 19.1. The second-order valence-electron chi connectivity index (χ2n) is 6.11. The summed E-state index contributed by atoms with van der Waals surface area (Å²) in [5.74, 6) is -2.34. The van der Waals surface area contributed by atoms with Gasteiger partial charge < -0.3 is 25.3 Å². The van der Waals surface area contributed by atoms with Crippen molar-refractivity contribution in [2.24, 2.45) is 5.73 Å². The number of methoxy groups -OCH3 is 1. The number of nitrogens with one attached hydrogen (secondary N) is 2. The minimum Gasteiger partial charge on any atom is -0.493 e. The molecule has 0 aliphatic carbocycles. The molecule has 0 heterocycles. The number of hydrogen-bond donors (Lipinski definition) is 3. The Labute approximate surface area is 176 Å². The Balaban J connectivity index is 1.98. The van der Waals surface area contributed by atoms with Crippen molar-refractivity contribution in [2.45, 2.75) is 13.0 Å². The van der Waals surface area contributed by atoms with Crippen LogP contribution in [0.4, 0.5) is 14.9 Å². The summed E-state index contributed by atoms with van der Waals surface area (Å²) in [6.45, 7) is 0.895. The first kappa shape index (κ1) is 23.1. The Hall–Kier alpha value is -4.15. The third-order valence-corrected chi connectivity index (χ3v) is 3.79. The van der Waals surface area contributed by atoms with Crippen molar-refractivity contribution in [3.05, 3.63) is 53.8 Å². The number of carbonyl (C=O) groups is 4. The van der Waals surface area contributed by atoms with Crippen LogP contribution in [0.5, 0.6) is 11.5 Å². The van der Waals surface area contributed by atoms with Gasteiger partial charge in [0.25, 0.3) is 11.8 Å². The van der Waals surface area contributed by atoms with Crippen LogP contribution in [0.3, 0.4) is 0 Å². The zero-order valence-corrected chi connectivity index (χ0v) is 16.6. The number of ether oxygens (including phenoxy) is 3. The molecule has 2 aromatic rings. The van der Waals surface area contributed by atoms with Crippen molar-refractivity contribution in [1.29, 1.82) is 0 Å². The second kappa shape index (κ2) is 10.6. The smallest absolute Gasteiger partial charge is 0.339 e. The van der Waals surface area contributed by atoms with Crippen LogP contribution in [-0.4, -0.2) is 43.6 Å². The lowest BCUT2D eigenvalue weighted by molar-refractivity contribution is -0.127. The Morgan fingerprint density at radius 3 is 2.35 bits per heavy atom. The van der Waals surface area contributed by atoms with Crippen LogP contribution in [0.2, 0.25) is 0 Å². The maximum atomic E-state index is 12.9. The molecule has 2 rings (SSSR count). The lowest BCUT2D eigenvalue weighted by atomic mass is 10.2. The molecule has 164 valence electrons. The van der Waals surface area contributed by atoms with Gasteiger partial charge in [0.2, 0.25) is 0 Å². The Morgan fingerprint density at radius 1 is 1.06 bits per heavy atom. The molecular weight excluding hydrogens is 413 g/mol. The Bertz CT molecular complexity index is 979. The summed E-state index contributed by atoms with van der Waals surface area (Å²) in [7, 11) is 1.33. The first-order valence-corrected chi connectivity index (χ1v) is 8.87. The summed E-state index contributed by atoms with van der Waals surface area (Å²) in [6.07, 6.45) is -1.27. The summed E-state index contributed by atoms with van der Waals surface area (Å²) < 4.78 is 28.4. The van der Waals surface area contributed by atoms with Crippen LogP contribution in [-0.2, 0) is 14.3 Å². The molecule has 0 saturated carbocycles. The van der Waals surface area contributed by atoms with E-state index in [9.17, 15) is 23.6 Å². The lowest BCUT2D eigenvalue weighted by Crippen LogP contribution is -2.42. The first-order valence-electron chi connectivity index (χ1n) is 8.87. The van der Waals surface area contributed by atoms with Gasteiger partial charge in [-0.15, -0.1) is 0 Å². The number of benzene rings is 2. The maximum Gasteiger partial charge on any atom is 0.339 e. The standard InChI is InChI=1S/C20H20FN3O7/c1-11(18(26)24-20(22)28)31-19(27)12-3-8-15(16(9-12)29-2)30-10-17(25)23-14-6-4-13(21)5-7-14/h3-9,11H,10H2,1-2H3,(H,23,25)(H3,22,24,26,28)/t11-/m1/s1. The number of anilines is 1. The Kier molecular flexibility index (Phi) is 7.89. The van der Waals surface area contributed by atoms with Crippen LogP contribution in [0.15, 0.2) is 42.5 Å². The molecule has 0 aliphatic rings. The number of halogens is 1. The molecular formula is C20H20FN3O7. The summed E-state index contributed by atoms with van der Waals surface area (Å²) >= 11 is 0. The number of nitrogens with two attached hydrogens (primary N) is 1. The monoisotopic (exact) mass is 433 g/mol. The van der Waals surface area contributed by atoms with Crippen molar-refractivity contribution in [3.8, 4) is 11.5 Å². The van der Waals surface area contributed by atoms with Gasteiger partial charge in [-0.05, 0) is 49.4 Å². The number of rotatable bonds is 8. The predicted octanol–water partition coefficient (Wildman–Crippen LogP) is 1.59. The van der Waals surface area contributed by atoms with E-state index in [-0.39, 0.29) is 23.7 Å². The van der Waals surface area contributed by atoms with Gasteiger partial charge in [-0.25, -0.2) is 14.0 Å². The highest BCUT2D eigenvalue weighted by molar-refractivity contribution is 5.98. The highest BCUT2D eigenvalue weighted by Crippen LogP contribution is 2.28. The summed E-state index contributed by atoms with van der Waals surface area (Å²) in [5.41, 5.74) is 5.28. The molecule has 0 bridgehead atoms. The van der Waals surface area contributed by atoms with E-state index in [1.54, 1.807) is 5.32 Å².